The van der Waals surface area contributed by atoms with Crippen molar-refractivity contribution < 1.29 is 9.59 Å². The number of amides is 3. The molecule has 1 atom stereocenters. The van der Waals surface area contributed by atoms with E-state index in [1.165, 1.54) is 11.6 Å². The van der Waals surface area contributed by atoms with E-state index in [4.69, 9.17) is 4.98 Å². The van der Waals surface area contributed by atoms with Gasteiger partial charge in [-0.1, -0.05) is 36.9 Å². The fourth-order valence-corrected chi connectivity index (χ4v) is 5.90. The third kappa shape index (κ3) is 6.00. The van der Waals surface area contributed by atoms with Gasteiger partial charge in [0.15, 0.2) is 0 Å². The number of nitrogens with zero attached hydrogens (tertiary/aromatic N) is 7. The number of rotatable bonds is 8. The highest BCUT2D eigenvalue weighted by Gasteiger charge is 2.40. The van der Waals surface area contributed by atoms with Crippen LogP contribution in [0.4, 0.5) is 27.9 Å². The molecule has 0 radical (unpaired) electrons. The Labute approximate surface area is 247 Å². The number of carbonyl (C=O) groups is 2. The average Bonchev–Trinajstić information content (AvgIpc) is 3.51. The SMILES string of the molecule is C=CC(=O)N1CCC(N2C(=O)N(c3ccccc3)Cc3cnc(Nc4ccc(CCN5CCN(C)CC5)cc4)nc32)C1. The maximum Gasteiger partial charge on any atom is 0.330 e. The van der Waals surface area contributed by atoms with Crippen molar-refractivity contribution in [1.82, 2.24) is 24.7 Å². The number of carbonyl (C=O) groups excluding carboxylic acids is 2. The molecule has 2 fully saturated rings. The number of hydrogen-bond acceptors (Lipinski definition) is 7. The van der Waals surface area contributed by atoms with Crippen molar-refractivity contribution in [2.24, 2.45) is 0 Å². The lowest BCUT2D eigenvalue weighted by Gasteiger charge is -2.39. The molecule has 1 unspecified atom stereocenters. The van der Waals surface area contributed by atoms with E-state index < -0.39 is 0 Å². The van der Waals surface area contributed by atoms with Crippen LogP contribution in [0.15, 0.2) is 73.4 Å². The summed E-state index contributed by atoms with van der Waals surface area (Å²) in [4.78, 5) is 45.9. The lowest BCUT2D eigenvalue weighted by molar-refractivity contribution is -0.125. The second-order valence-corrected chi connectivity index (χ2v) is 11.3. The number of nitrogens with one attached hydrogen (secondary N) is 1. The first-order valence-electron chi connectivity index (χ1n) is 14.7. The fraction of sp³-hybridized carbons (Fsp3) is 0.375. The number of hydrogen-bond donors (Lipinski definition) is 1. The number of aromatic nitrogens is 2. The zero-order chi connectivity index (χ0) is 29.1. The Hall–Kier alpha value is -4.28. The van der Waals surface area contributed by atoms with Crippen LogP contribution < -0.4 is 15.1 Å². The van der Waals surface area contributed by atoms with Gasteiger partial charge in [0.1, 0.15) is 5.82 Å². The van der Waals surface area contributed by atoms with Gasteiger partial charge in [-0.2, -0.15) is 4.98 Å². The van der Waals surface area contributed by atoms with Gasteiger partial charge in [-0.25, -0.2) is 9.78 Å². The highest BCUT2D eigenvalue weighted by molar-refractivity contribution is 6.06. The van der Waals surface area contributed by atoms with Gasteiger partial charge < -0.3 is 20.0 Å². The number of piperazine rings is 1. The van der Waals surface area contributed by atoms with Crippen molar-refractivity contribution in [3.05, 3.63) is 84.6 Å². The average molecular weight is 567 g/mol. The van der Waals surface area contributed by atoms with E-state index in [0.29, 0.717) is 37.8 Å². The highest BCUT2D eigenvalue weighted by Crippen LogP contribution is 2.34. The van der Waals surface area contributed by atoms with E-state index >= 15 is 0 Å². The molecule has 1 N–H and O–H groups in total. The molecule has 10 nitrogen and oxygen atoms in total. The van der Waals surface area contributed by atoms with Crippen LogP contribution in [0, 0.1) is 0 Å². The minimum absolute atomic E-state index is 0.126. The van der Waals surface area contributed by atoms with Crippen molar-refractivity contribution in [1.29, 1.82) is 0 Å². The quantitative estimate of drug-likeness (QED) is 0.416. The molecule has 10 heteroatoms. The molecule has 0 aliphatic carbocycles. The van der Waals surface area contributed by atoms with Gasteiger partial charge >= 0.3 is 6.03 Å². The summed E-state index contributed by atoms with van der Waals surface area (Å²) >= 11 is 0. The number of anilines is 4. The van der Waals surface area contributed by atoms with Gasteiger partial charge in [0.2, 0.25) is 11.9 Å². The number of para-hydroxylation sites is 1. The molecule has 3 amide bonds. The topological polar surface area (TPSA) is 88.1 Å². The lowest BCUT2D eigenvalue weighted by atomic mass is 10.1. The summed E-state index contributed by atoms with van der Waals surface area (Å²) in [6.07, 6.45) is 4.80. The monoisotopic (exact) mass is 566 g/mol. The first-order chi connectivity index (χ1) is 20.5. The van der Waals surface area contributed by atoms with E-state index in [1.807, 2.05) is 30.3 Å². The largest absolute Gasteiger partial charge is 0.337 e. The molecular weight excluding hydrogens is 528 g/mol. The van der Waals surface area contributed by atoms with Crippen LogP contribution in [0.1, 0.15) is 17.5 Å². The molecule has 1 aromatic heterocycles. The van der Waals surface area contributed by atoms with Crippen LogP contribution >= 0.6 is 0 Å². The van der Waals surface area contributed by atoms with E-state index in [-0.39, 0.29) is 18.0 Å². The highest BCUT2D eigenvalue weighted by atomic mass is 16.2. The minimum Gasteiger partial charge on any atom is -0.337 e. The molecule has 3 aliphatic rings. The number of fused-ring (bicyclic) bond motifs is 1. The predicted octanol–water partition coefficient (Wildman–Crippen LogP) is 3.74. The Kier molecular flexibility index (Phi) is 8.16. The zero-order valence-electron chi connectivity index (χ0n) is 24.2. The molecule has 6 rings (SSSR count). The molecule has 4 heterocycles. The van der Waals surface area contributed by atoms with Crippen LogP contribution in [-0.2, 0) is 17.8 Å². The number of urea groups is 1. The Morgan fingerprint density at radius 3 is 2.55 bits per heavy atom. The molecule has 3 aromatic rings. The summed E-state index contributed by atoms with van der Waals surface area (Å²) in [5.74, 6) is 0.896. The van der Waals surface area contributed by atoms with Crippen LogP contribution in [0.5, 0.6) is 0 Å². The first-order valence-corrected chi connectivity index (χ1v) is 14.7. The van der Waals surface area contributed by atoms with Crippen molar-refractivity contribution in [3.8, 4) is 0 Å². The van der Waals surface area contributed by atoms with Crippen LogP contribution in [0.2, 0.25) is 0 Å². The number of benzene rings is 2. The number of likely N-dealkylation sites (N-methyl/N-ethyl adjacent to an activating group) is 1. The van der Waals surface area contributed by atoms with Crippen molar-refractivity contribution >= 4 is 35.1 Å². The van der Waals surface area contributed by atoms with Crippen LogP contribution in [-0.4, -0.2) is 95.5 Å². The molecule has 2 aromatic carbocycles. The van der Waals surface area contributed by atoms with Crippen molar-refractivity contribution in [3.63, 3.8) is 0 Å². The first kappa shape index (κ1) is 27.9. The maximum absolute atomic E-state index is 14.0. The summed E-state index contributed by atoms with van der Waals surface area (Å²) in [5, 5.41) is 3.33. The van der Waals surface area contributed by atoms with Crippen LogP contribution in [0.25, 0.3) is 0 Å². The summed E-state index contributed by atoms with van der Waals surface area (Å²) in [6, 6.07) is 17.7. The third-order valence-corrected chi connectivity index (χ3v) is 8.44. The third-order valence-electron chi connectivity index (χ3n) is 8.44. The van der Waals surface area contributed by atoms with Crippen molar-refractivity contribution in [2.45, 2.75) is 25.4 Å². The van der Waals surface area contributed by atoms with Gasteiger partial charge in [0.25, 0.3) is 0 Å². The molecule has 218 valence electrons. The second-order valence-electron chi connectivity index (χ2n) is 11.3. The fourth-order valence-electron chi connectivity index (χ4n) is 5.90. The Bertz CT molecular complexity index is 1420. The summed E-state index contributed by atoms with van der Waals surface area (Å²) in [5.41, 5.74) is 3.85. The maximum atomic E-state index is 14.0. The van der Waals surface area contributed by atoms with E-state index in [1.54, 1.807) is 20.9 Å². The summed E-state index contributed by atoms with van der Waals surface area (Å²) in [7, 11) is 2.18. The summed E-state index contributed by atoms with van der Waals surface area (Å²) < 4.78 is 0. The van der Waals surface area contributed by atoms with Gasteiger partial charge in [0, 0.05) is 68.9 Å². The Balaban J connectivity index is 1.20. The molecule has 2 saturated heterocycles. The Morgan fingerprint density at radius 2 is 1.81 bits per heavy atom. The molecule has 0 saturated carbocycles. The molecule has 3 aliphatic heterocycles. The standard InChI is InChI=1S/C32H38N8O2/c1-3-29(41)38-16-14-28(23-38)40-30-25(22-39(32(40)42)27-7-5-4-6-8-27)21-33-31(35-30)34-26-11-9-24(10-12-26)13-15-37-19-17-36(2)18-20-37/h3-12,21,28H,1,13-20,22-23H2,2H3,(H,33,34,35). The lowest BCUT2D eigenvalue weighted by Crippen LogP contribution is -2.53. The molecule has 0 bridgehead atoms. The predicted molar refractivity (Wildman–Crippen MR) is 165 cm³/mol. The normalized spacial score (nSPS) is 19.6. The second kappa shape index (κ2) is 12.3. The van der Waals surface area contributed by atoms with Gasteiger partial charge in [-0.15, -0.1) is 0 Å². The molecular formula is C32H38N8O2. The van der Waals surface area contributed by atoms with Crippen molar-refractivity contribution in [2.75, 3.05) is 68.0 Å². The van der Waals surface area contributed by atoms with Gasteiger partial charge in [-0.3, -0.25) is 14.6 Å². The van der Waals surface area contributed by atoms with E-state index in [9.17, 15) is 9.59 Å². The zero-order valence-corrected chi connectivity index (χ0v) is 24.2. The van der Waals surface area contributed by atoms with E-state index in [0.717, 1.165) is 56.1 Å². The minimum atomic E-state index is -0.200. The Morgan fingerprint density at radius 1 is 1.05 bits per heavy atom. The van der Waals surface area contributed by atoms with E-state index in [2.05, 4.69) is 58.0 Å². The molecule has 0 spiro atoms. The van der Waals surface area contributed by atoms with Gasteiger partial charge in [-0.05, 0) is 55.8 Å². The summed E-state index contributed by atoms with van der Waals surface area (Å²) in [6.45, 7) is 10.6. The smallest absolute Gasteiger partial charge is 0.330 e. The molecule has 42 heavy (non-hydrogen) atoms. The number of likely N-dealkylation sites (tertiary alicyclic amines) is 1. The van der Waals surface area contributed by atoms with Crippen LogP contribution in [0.3, 0.4) is 0 Å². The van der Waals surface area contributed by atoms with Gasteiger partial charge in [0.05, 0.1) is 12.6 Å².